The first-order chi connectivity index (χ1) is 11.1. The maximum Gasteiger partial charge on any atom is 0.253 e. The van der Waals surface area contributed by atoms with Gasteiger partial charge in [-0.15, -0.1) is 0 Å². The van der Waals surface area contributed by atoms with Crippen LogP contribution in [-0.4, -0.2) is 29.1 Å². The summed E-state index contributed by atoms with van der Waals surface area (Å²) >= 11 is 0. The predicted molar refractivity (Wildman–Crippen MR) is 87.6 cm³/mol. The highest BCUT2D eigenvalue weighted by Crippen LogP contribution is 2.17. The number of hydrogen-bond donors (Lipinski definition) is 1. The van der Waals surface area contributed by atoms with E-state index in [4.69, 9.17) is 4.74 Å². The zero-order valence-corrected chi connectivity index (χ0v) is 13.4. The molecule has 1 amide bonds. The smallest absolute Gasteiger partial charge is 0.253 e. The number of carbonyl (C=O) groups excluding carboxylic acids is 1. The molecule has 0 saturated carbocycles. The molecular weight excluding hydrogens is 294 g/mol. The predicted octanol–water partition coefficient (Wildman–Crippen LogP) is 1.17. The van der Waals surface area contributed by atoms with E-state index in [9.17, 15) is 9.59 Å². The molecule has 1 aromatic heterocycles. The van der Waals surface area contributed by atoms with Gasteiger partial charge in [0.15, 0.2) is 0 Å². The topological polar surface area (TPSA) is 73.2 Å². The lowest BCUT2D eigenvalue weighted by Gasteiger charge is -2.10. The number of amides is 1. The lowest BCUT2D eigenvalue weighted by molar-refractivity contribution is -0.120. The summed E-state index contributed by atoms with van der Waals surface area (Å²) in [6.07, 6.45) is 2.49. The third-order valence-corrected chi connectivity index (χ3v) is 3.52. The summed E-state index contributed by atoms with van der Waals surface area (Å²) in [5, 5.41) is 2.80. The molecule has 0 saturated heterocycles. The van der Waals surface area contributed by atoms with Crippen LogP contribution in [-0.2, 0) is 24.2 Å². The quantitative estimate of drug-likeness (QED) is 0.832. The first kappa shape index (κ1) is 16.7. The van der Waals surface area contributed by atoms with Crippen molar-refractivity contribution in [2.75, 3.05) is 13.7 Å². The molecule has 0 atom stereocenters. The molecule has 2 aromatic rings. The van der Waals surface area contributed by atoms with Crippen LogP contribution in [0.2, 0.25) is 0 Å². The van der Waals surface area contributed by atoms with E-state index >= 15 is 0 Å². The second kappa shape index (κ2) is 8.12. The second-order valence-corrected chi connectivity index (χ2v) is 5.10. The number of rotatable bonds is 7. The van der Waals surface area contributed by atoms with Gasteiger partial charge < -0.3 is 10.1 Å². The summed E-state index contributed by atoms with van der Waals surface area (Å²) in [4.78, 5) is 28.0. The maximum absolute atomic E-state index is 12.0. The van der Waals surface area contributed by atoms with Crippen LogP contribution in [0.1, 0.15) is 18.2 Å². The van der Waals surface area contributed by atoms with E-state index < -0.39 is 0 Å². The Morgan fingerprint density at radius 1 is 1.35 bits per heavy atom. The summed E-state index contributed by atoms with van der Waals surface area (Å²) in [6, 6.07) is 8.93. The molecule has 0 spiro atoms. The highest BCUT2D eigenvalue weighted by atomic mass is 16.5. The Morgan fingerprint density at radius 2 is 2.13 bits per heavy atom. The standard InChI is InChI=1S/C17H21N3O3/c1-3-14-11-17(22)20(12-19-14)9-8-18-16(21)10-13-6-4-5-7-15(13)23-2/h4-7,11-12H,3,8-10H2,1-2H3,(H,18,21). The van der Waals surface area contributed by atoms with Crippen molar-refractivity contribution in [3.05, 3.63) is 58.3 Å². The molecule has 6 nitrogen and oxygen atoms in total. The minimum Gasteiger partial charge on any atom is -0.496 e. The van der Waals surface area contributed by atoms with Gasteiger partial charge in [-0.1, -0.05) is 25.1 Å². The van der Waals surface area contributed by atoms with Gasteiger partial charge in [-0.05, 0) is 12.5 Å². The van der Waals surface area contributed by atoms with E-state index in [2.05, 4.69) is 10.3 Å². The van der Waals surface area contributed by atoms with Crippen molar-refractivity contribution in [1.29, 1.82) is 0 Å². The van der Waals surface area contributed by atoms with Gasteiger partial charge in [0.25, 0.3) is 5.56 Å². The fourth-order valence-corrected chi connectivity index (χ4v) is 2.22. The third kappa shape index (κ3) is 4.67. The molecule has 0 bridgehead atoms. The molecule has 0 radical (unpaired) electrons. The van der Waals surface area contributed by atoms with Gasteiger partial charge in [-0.25, -0.2) is 4.98 Å². The third-order valence-electron chi connectivity index (χ3n) is 3.52. The van der Waals surface area contributed by atoms with Gasteiger partial charge in [0, 0.05) is 30.4 Å². The minimum atomic E-state index is -0.110. The van der Waals surface area contributed by atoms with Crippen LogP contribution in [0.4, 0.5) is 0 Å². The Kier molecular flexibility index (Phi) is 5.91. The Labute approximate surface area is 135 Å². The van der Waals surface area contributed by atoms with Crippen LogP contribution in [0.25, 0.3) is 0 Å². The number of carbonyl (C=O) groups is 1. The molecule has 6 heteroatoms. The summed E-state index contributed by atoms with van der Waals surface area (Å²) in [7, 11) is 1.58. The molecule has 0 aliphatic carbocycles. The molecule has 1 N–H and O–H groups in total. The first-order valence-electron chi connectivity index (χ1n) is 7.58. The monoisotopic (exact) mass is 315 g/mol. The van der Waals surface area contributed by atoms with Gasteiger partial charge in [0.05, 0.1) is 19.9 Å². The number of hydrogen-bond acceptors (Lipinski definition) is 4. The van der Waals surface area contributed by atoms with E-state index in [0.29, 0.717) is 18.8 Å². The Morgan fingerprint density at radius 3 is 2.83 bits per heavy atom. The molecule has 0 unspecified atom stereocenters. The summed E-state index contributed by atoms with van der Waals surface area (Å²) in [6.45, 7) is 2.72. The van der Waals surface area contributed by atoms with Crippen molar-refractivity contribution in [2.24, 2.45) is 0 Å². The fourth-order valence-electron chi connectivity index (χ4n) is 2.22. The van der Waals surface area contributed by atoms with E-state index in [1.54, 1.807) is 7.11 Å². The van der Waals surface area contributed by atoms with Crippen molar-refractivity contribution < 1.29 is 9.53 Å². The number of nitrogens with one attached hydrogen (secondary N) is 1. The fraction of sp³-hybridized carbons (Fsp3) is 0.353. The SMILES string of the molecule is CCc1cc(=O)n(CCNC(=O)Cc2ccccc2OC)cn1. The average molecular weight is 315 g/mol. The van der Waals surface area contributed by atoms with Crippen molar-refractivity contribution in [3.63, 3.8) is 0 Å². The second-order valence-electron chi connectivity index (χ2n) is 5.10. The largest absolute Gasteiger partial charge is 0.496 e. The number of benzene rings is 1. The molecule has 0 aliphatic heterocycles. The lowest BCUT2D eigenvalue weighted by atomic mass is 10.1. The highest BCUT2D eigenvalue weighted by Gasteiger charge is 2.08. The molecule has 1 aromatic carbocycles. The van der Waals surface area contributed by atoms with Gasteiger partial charge in [0.2, 0.25) is 5.91 Å². The van der Waals surface area contributed by atoms with Crippen molar-refractivity contribution in [1.82, 2.24) is 14.9 Å². The molecule has 1 heterocycles. The molecule has 0 aliphatic rings. The molecule has 122 valence electrons. The maximum atomic E-state index is 12.0. The minimum absolute atomic E-state index is 0.101. The van der Waals surface area contributed by atoms with Gasteiger partial charge in [-0.2, -0.15) is 0 Å². The van der Waals surface area contributed by atoms with E-state index in [1.165, 1.54) is 17.0 Å². The summed E-state index contributed by atoms with van der Waals surface area (Å²) < 4.78 is 6.71. The molecule has 2 rings (SSSR count). The van der Waals surface area contributed by atoms with Crippen LogP contribution >= 0.6 is 0 Å². The Balaban J connectivity index is 1.86. The Bertz CT molecular complexity index is 725. The van der Waals surface area contributed by atoms with E-state index in [0.717, 1.165) is 17.7 Å². The zero-order chi connectivity index (χ0) is 16.7. The lowest BCUT2D eigenvalue weighted by Crippen LogP contribution is -2.31. The average Bonchev–Trinajstić information content (AvgIpc) is 2.56. The molecule has 0 fully saturated rings. The van der Waals surface area contributed by atoms with Crippen LogP contribution in [0.5, 0.6) is 5.75 Å². The zero-order valence-electron chi connectivity index (χ0n) is 13.4. The van der Waals surface area contributed by atoms with Gasteiger partial charge in [0.1, 0.15) is 5.75 Å². The number of nitrogens with zero attached hydrogens (tertiary/aromatic N) is 2. The van der Waals surface area contributed by atoms with Crippen LogP contribution < -0.4 is 15.6 Å². The number of ether oxygens (including phenoxy) is 1. The van der Waals surface area contributed by atoms with Crippen LogP contribution in [0, 0.1) is 0 Å². The van der Waals surface area contributed by atoms with Gasteiger partial charge >= 0.3 is 0 Å². The molecule has 23 heavy (non-hydrogen) atoms. The number of aromatic nitrogens is 2. The normalized spacial score (nSPS) is 10.3. The van der Waals surface area contributed by atoms with E-state index in [1.807, 2.05) is 31.2 Å². The van der Waals surface area contributed by atoms with Crippen molar-refractivity contribution in [2.45, 2.75) is 26.3 Å². The van der Waals surface area contributed by atoms with Crippen molar-refractivity contribution >= 4 is 5.91 Å². The number of methoxy groups -OCH3 is 1. The first-order valence-corrected chi connectivity index (χ1v) is 7.58. The van der Waals surface area contributed by atoms with Crippen molar-refractivity contribution in [3.8, 4) is 5.75 Å². The van der Waals surface area contributed by atoms with Crippen LogP contribution in [0.15, 0.2) is 41.5 Å². The summed E-state index contributed by atoms with van der Waals surface area (Å²) in [5.41, 5.74) is 1.50. The number of para-hydroxylation sites is 1. The van der Waals surface area contributed by atoms with Gasteiger partial charge in [-0.3, -0.25) is 14.2 Å². The van der Waals surface area contributed by atoms with Crippen LogP contribution in [0.3, 0.4) is 0 Å². The van der Waals surface area contributed by atoms with E-state index in [-0.39, 0.29) is 17.9 Å². The molecular formula is C17H21N3O3. The number of aryl methyl sites for hydroxylation is 1. The highest BCUT2D eigenvalue weighted by molar-refractivity contribution is 5.79. The summed E-state index contributed by atoms with van der Waals surface area (Å²) in [5.74, 6) is 0.582. The Hall–Kier alpha value is -2.63.